The molecule has 1 aliphatic heterocycles. The fourth-order valence-corrected chi connectivity index (χ4v) is 2.47. The van der Waals surface area contributed by atoms with Crippen LogP contribution in [0.3, 0.4) is 0 Å². The van der Waals surface area contributed by atoms with E-state index < -0.39 is 0 Å². The minimum absolute atomic E-state index is 0.115. The number of rotatable bonds is 3. The van der Waals surface area contributed by atoms with E-state index in [9.17, 15) is 0 Å². The second-order valence-corrected chi connectivity index (χ2v) is 4.80. The van der Waals surface area contributed by atoms with Crippen LogP contribution < -0.4 is 0 Å². The lowest BCUT2D eigenvalue weighted by Gasteiger charge is -2.39. The Labute approximate surface area is 88.8 Å². The number of likely N-dealkylation sites (tertiary alicyclic amines) is 1. The third-order valence-corrected chi connectivity index (χ3v) is 3.11. The molecule has 0 amide bonds. The summed E-state index contributed by atoms with van der Waals surface area (Å²) < 4.78 is 6.73. The zero-order chi connectivity index (χ0) is 9.03. The number of piperidine rings is 1. The molecule has 1 heterocycles. The van der Waals surface area contributed by atoms with Gasteiger partial charge in [0.15, 0.2) is 0 Å². The largest absolute Gasteiger partial charge is 0.377 e. The molecule has 3 heteroatoms. The van der Waals surface area contributed by atoms with E-state index >= 15 is 0 Å². The molecule has 1 saturated heterocycles. The van der Waals surface area contributed by atoms with Crippen LogP contribution in [0.15, 0.2) is 0 Å². The van der Waals surface area contributed by atoms with E-state index in [1.807, 2.05) is 7.11 Å². The third kappa shape index (κ3) is 2.85. The molecule has 0 spiro atoms. The van der Waals surface area contributed by atoms with E-state index in [0.717, 1.165) is 6.54 Å². The quantitative estimate of drug-likeness (QED) is 0.579. The number of hydrogen-bond acceptors (Lipinski definition) is 2. The number of hydrogen-bond donors (Lipinski definition) is 0. The Morgan fingerprint density at radius 2 is 2.33 bits per heavy atom. The van der Waals surface area contributed by atoms with Crippen molar-refractivity contribution in [2.75, 3.05) is 31.2 Å². The van der Waals surface area contributed by atoms with Gasteiger partial charge in [0.25, 0.3) is 0 Å². The maximum atomic E-state index is 5.51. The standard InChI is InChI=1S/C9H18INO/c1-9(12-2)4-3-6-11(8-9)7-5-10/h3-8H2,1-2H3. The lowest BCUT2D eigenvalue weighted by atomic mass is 9.95. The molecule has 2 nitrogen and oxygen atoms in total. The van der Waals surface area contributed by atoms with Crippen molar-refractivity contribution in [3.8, 4) is 0 Å². The molecule has 0 N–H and O–H groups in total. The summed E-state index contributed by atoms with van der Waals surface area (Å²) in [6.07, 6.45) is 2.49. The maximum Gasteiger partial charge on any atom is 0.0777 e. The van der Waals surface area contributed by atoms with E-state index in [1.54, 1.807) is 0 Å². The molecule has 0 aliphatic carbocycles. The lowest BCUT2D eigenvalue weighted by molar-refractivity contribution is -0.0489. The van der Waals surface area contributed by atoms with E-state index in [0.29, 0.717) is 0 Å². The first kappa shape index (κ1) is 10.7. The van der Waals surface area contributed by atoms with Gasteiger partial charge < -0.3 is 4.74 Å². The molecule has 0 radical (unpaired) electrons. The zero-order valence-corrected chi connectivity index (χ0v) is 10.1. The minimum Gasteiger partial charge on any atom is -0.377 e. The summed E-state index contributed by atoms with van der Waals surface area (Å²) in [5.41, 5.74) is 0.115. The second-order valence-electron chi connectivity index (χ2n) is 3.72. The van der Waals surface area contributed by atoms with Crippen molar-refractivity contribution < 1.29 is 4.74 Å². The highest BCUT2D eigenvalue weighted by Crippen LogP contribution is 2.23. The average Bonchev–Trinajstić information content (AvgIpc) is 2.05. The lowest BCUT2D eigenvalue weighted by Crippen LogP contribution is -2.47. The van der Waals surface area contributed by atoms with Crippen molar-refractivity contribution in [2.45, 2.75) is 25.4 Å². The molecule has 12 heavy (non-hydrogen) atoms. The number of methoxy groups -OCH3 is 1. The SMILES string of the molecule is COC1(C)CCCN(CCI)C1. The highest BCUT2D eigenvalue weighted by molar-refractivity contribution is 14.1. The van der Waals surface area contributed by atoms with Crippen LogP contribution in [0.5, 0.6) is 0 Å². The van der Waals surface area contributed by atoms with Crippen LogP contribution in [0.4, 0.5) is 0 Å². The topological polar surface area (TPSA) is 12.5 Å². The van der Waals surface area contributed by atoms with Crippen LogP contribution in [0.25, 0.3) is 0 Å². The highest BCUT2D eigenvalue weighted by Gasteiger charge is 2.29. The van der Waals surface area contributed by atoms with Crippen LogP contribution in [0, 0.1) is 0 Å². The Kier molecular flexibility index (Phi) is 4.26. The van der Waals surface area contributed by atoms with Gasteiger partial charge in [0, 0.05) is 24.6 Å². The van der Waals surface area contributed by atoms with Gasteiger partial charge in [0.05, 0.1) is 5.60 Å². The first-order chi connectivity index (χ1) is 5.70. The Morgan fingerprint density at radius 1 is 1.58 bits per heavy atom. The minimum atomic E-state index is 0.115. The summed E-state index contributed by atoms with van der Waals surface area (Å²) in [6, 6.07) is 0. The van der Waals surface area contributed by atoms with Crippen molar-refractivity contribution in [3.05, 3.63) is 0 Å². The van der Waals surface area contributed by atoms with Crippen molar-refractivity contribution in [3.63, 3.8) is 0 Å². The van der Waals surface area contributed by atoms with E-state index in [-0.39, 0.29) is 5.60 Å². The van der Waals surface area contributed by atoms with Crippen molar-refractivity contribution in [2.24, 2.45) is 0 Å². The van der Waals surface area contributed by atoms with Gasteiger partial charge >= 0.3 is 0 Å². The number of nitrogens with zero attached hydrogens (tertiary/aromatic N) is 1. The molecule has 1 atom stereocenters. The molecule has 0 aromatic carbocycles. The van der Waals surface area contributed by atoms with Gasteiger partial charge in [-0.25, -0.2) is 0 Å². The molecule has 1 fully saturated rings. The summed E-state index contributed by atoms with van der Waals surface area (Å²) in [5.74, 6) is 0. The predicted molar refractivity (Wildman–Crippen MR) is 60.0 cm³/mol. The Bertz CT molecular complexity index is 140. The number of ether oxygens (including phenoxy) is 1. The van der Waals surface area contributed by atoms with E-state index in [4.69, 9.17) is 4.74 Å². The summed E-state index contributed by atoms with van der Waals surface area (Å²) in [4.78, 5) is 2.50. The van der Waals surface area contributed by atoms with Crippen LogP contribution in [-0.4, -0.2) is 41.7 Å². The molecule has 72 valence electrons. The molecule has 0 aromatic rings. The van der Waals surface area contributed by atoms with Crippen molar-refractivity contribution in [1.29, 1.82) is 0 Å². The summed E-state index contributed by atoms with van der Waals surface area (Å²) in [5, 5.41) is 0. The summed E-state index contributed by atoms with van der Waals surface area (Å²) in [6.45, 7) is 5.78. The summed E-state index contributed by atoms with van der Waals surface area (Å²) in [7, 11) is 1.83. The Balaban J connectivity index is 2.39. The predicted octanol–water partition coefficient (Wildman–Crippen LogP) is 1.92. The molecule has 1 unspecified atom stereocenters. The number of halogens is 1. The monoisotopic (exact) mass is 283 g/mol. The number of alkyl halides is 1. The van der Waals surface area contributed by atoms with Gasteiger partial charge in [-0.2, -0.15) is 0 Å². The van der Waals surface area contributed by atoms with Crippen molar-refractivity contribution in [1.82, 2.24) is 4.90 Å². The average molecular weight is 283 g/mol. The van der Waals surface area contributed by atoms with Crippen molar-refractivity contribution >= 4 is 22.6 Å². The van der Waals surface area contributed by atoms with Crippen LogP contribution in [0.2, 0.25) is 0 Å². The van der Waals surface area contributed by atoms with Gasteiger partial charge in [-0.15, -0.1) is 0 Å². The molecule has 0 saturated carbocycles. The molecule has 0 aromatic heterocycles. The van der Waals surface area contributed by atoms with Crippen LogP contribution in [-0.2, 0) is 4.74 Å². The Hall–Kier alpha value is 0.650. The molecular weight excluding hydrogens is 265 g/mol. The normalized spacial score (nSPS) is 32.2. The van der Waals surface area contributed by atoms with Gasteiger partial charge in [0.2, 0.25) is 0 Å². The molecular formula is C9H18INO. The summed E-state index contributed by atoms with van der Waals surface area (Å²) >= 11 is 2.43. The van der Waals surface area contributed by atoms with Gasteiger partial charge in [-0.3, -0.25) is 4.90 Å². The molecule has 0 bridgehead atoms. The molecule has 1 aliphatic rings. The van der Waals surface area contributed by atoms with Gasteiger partial charge in [-0.05, 0) is 26.3 Å². The first-order valence-electron chi connectivity index (χ1n) is 4.54. The first-order valence-corrected chi connectivity index (χ1v) is 6.06. The Morgan fingerprint density at radius 3 is 2.92 bits per heavy atom. The second kappa shape index (κ2) is 4.77. The van der Waals surface area contributed by atoms with Gasteiger partial charge in [0.1, 0.15) is 0 Å². The van der Waals surface area contributed by atoms with Crippen LogP contribution in [0.1, 0.15) is 19.8 Å². The van der Waals surface area contributed by atoms with Gasteiger partial charge in [-0.1, -0.05) is 22.6 Å². The highest BCUT2D eigenvalue weighted by atomic mass is 127. The fraction of sp³-hybridized carbons (Fsp3) is 1.00. The fourth-order valence-electron chi connectivity index (χ4n) is 1.78. The van der Waals surface area contributed by atoms with E-state index in [1.165, 1.54) is 30.4 Å². The maximum absolute atomic E-state index is 5.51. The van der Waals surface area contributed by atoms with E-state index in [2.05, 4.69) is 34.4 Å². The molecule has 1 rings (SSSR count). The van der Waals surface area contributed by atoms with Crippen LogP contribution >= 0.6 is 22.6 Å². The third-order valence-electron chi connectivity index (χ3n) is 2.63. The zero-order valence-electron chi connectivity index (χ0n) is 7.98. The smallest absolute Gasteiger partial charge is 0.0777 e.